The number of nitrogens with zero attached hydrogens (tertiary/aromatic N) is 6. The third kappa shape index (κ3) is 3.43. The van der Waals surface area contributed by atoms with E-state index < -0.39 is 11.2 Å². The van der Waals surface area contributed by atoms with Crippen molar-refractivity contribution in [2.24, 2.45) is 14.1 Å². The lowest BCUT2D eigenvalue weighted by atomic mass is 10.4. The van der Waals surface area contributed by atoms with E-state index in [0.717, 1.165) is 4.57 Å². The van der Waals surface area contributed by atoms with Crippen molar-refractivity contribution >= 4 is 17.1 Å². The molecule has 1 amide bonds. The van der Waals surface area contributed by atoms with Crippen molar-refractivity contribution in [3.8, 4) is 0 Å². The van der Waals surface area contributed by atoms with Crippen LogP contribution in [0.15, 0.2) is 32.8 Å². The number of fused-ring (bicyclic) bond motifs is 1. The minimum atomic E-state index is -0.520. The SMILES string of the molecule is Cc1ccc(=O)n(CCNC(=O)Cn2cnc3c2c(=O)n(C)c(=O)n3C)n1. The monoisotopic (exact) mass is 373 g/mol. The number of hydrogen-bond acceptors (Lipinski definition) is 6. The highest BCUT2D eigenvalue weighted by molar-refractivity contribution is 5.78. The van der Waals surface area contributed by atoms with Gasteiger partial charge in [-0.05, 0) is 13.0 Å². The average molecular weight is 373 g/mol. The molecular formula is C16H19N7O4. The van der Waals surface area contributed by atoms with Crippen molar-refractivity contribution in [2.45, 2.75) is 20.0 Å². The Bertz CT molecular complexity index is 1200. The molecule has 3 aromatic rings. The zero-order valence-electron chi connectivity index (χ0n) is 15.2. The quantitative estimate of drug-likeness (QED) is 0.558. The van der Waals surface area contributed by atoms with Gasteiger partial charge in [-0.3, -0.25) is 23.5 Å². The summed E-state index contributed by atoms with van der Waals surface area (Å²) in [6.07, 6.45) is 1.34. The molecule has 0 spiro atoms. The highest BCUT2D eigenvalue weighted by Crippen LogP contribution is 2.04. The van der Waals surface area contributed by atoms with Gasteiger partial charge in [0.25, 0.3) is 11.1 Å². The van der Waals surface area contributed by atoms with Gasteiger partial charge in [-0.15, -0.1) is 0 Å². The molecule has 0 fully saturated rings. The van der Waals surface area contributed by atoms with Crippen LogP contribution in [0, 0.1) is 6.92 Å². The fourth-order valence-corrected chi connectivity index (χ4v) is 2.74. The molecule has 11 heteroatoms. The van der Waals surface area contributed by atoms with E-state index in [2.05, 4.69) is 15.4 Å². The maximum atomic E-state index is 12.3. The average Bonchev–Trinajstić information content (AvgIpc) is 3.04. The van der Waals surface area contributed by atoms with Gasteiger partial charge >= 0.3 is 5.69 Å². The zero-order valence-corrected chi connectivity index (χ0v) is 15.2. The van der Waals surface area contributed by atoms with Gasteiger partial charge in [0.1, 0.15) is 6.54 Å². The number of carbonyl (C=O) groups is 1. The van der Waals surface area contributed by atoms with Gasteiger partial charge in [0.15, 0.2) is 11.2 Å². The predicted molar refractivity (Wildman–Crippen MR) is 96.5 cm³/mol. The molecular weight excluding hydrogens is 354 g/mol. The zero-order chi connectivity index (χ0) is 19.7. The standard InChI is InChI=1S/C16H19N7O4/c1-10-4-5-12(25)23(19-10)7-6-17-11(24)8-22-9-18-14-13(22)15(26)21(3)16(27)20(14)2/h4-5,9H,6-8H2,1-3H3,(H,17,24). The Morgan fingerprint density at radius 2 is 1.89 bits per heavy atom. The molecule has 0 unspecified atom stereocenters. The van der Waals surface area contributed by atoms with E-state index in [9.17, 15) is 19.2 Å². The van der Waals surface area contributed by atoms with Crippen molar-refractivity contribution in [3.63, 3.8) is 0 Å². The summed E-state index contributed by atoms with van der Waals surface area (Å²) in [5, 5.41) is 6.76. The number of rotatable bonds is 5. The van der Waals surface area contributed by atoms with Gasteiger partial charge in [-0.1, -0.05) is 0 Å². The summed E-state index contributed by atoms with van der Waals surface area (Å²) >= 11 is 0. The van der Waals surface area contributed by atoms with Crippen LogP contribution in [-0.2, 0) is 32.0 Å². The molecule has 142 valence electrons. The maximum Gasteiger partial charge on any atom is 0.332 e. The number of nitrogens with one attached hydrogen (secondary N) is 1. The molecule has 11 nitrogen and oxygen atoms in total. The van der Waals surface area contributed by atoms with Crippen LogP contribution in [-0.4, -0.2) is 40.9 Å². The summed E-state index contributed by atoms with van der Waals surface area (Å²) in [7, 11) is 2.88. The minimum Gasteiger partial charge on any atom is -0.353 e. The lowest BCUT2D eigenvalue weighted by Gasteiger charge is -2.09. The molecule has 0 aliphatic carbocycles. The highest BCUT2D eigenvalue weighted by atomic mass is 16.2. The van der Waals surface area contributed by atoms with Crippen molar-refractivity contribution in [2.75, 3.05) is 6.54 Å². The van der Waals surface area contributed by atoms with E-state index in [-0.39, 0.29) is 42.3 Å². The summed E-state index contributed by atoms with van der Waals surface area (Å²) < 4.78 is 4.88. The van der Waals surface area contributed by atoms with E-state index >= 15 is 0 Å². The largest absolute Gasteiger partial charge is 0.353 e. The first-order valence-corrected chi connectivity index (χ1v) is 8.22. The Morgan fingerprint density at radius 3 is 2.63 bits per heavy atom. The molecule has 1 N–H and O–H groups in total. The van der Waals surface area contributed by atoms with Crippen molar-refractivity contribution in [1.29, 1.82) is 0 Å². The van der Waals surface area contributed by atoms with Crippen LogP contribution in [0.1, 0.15) is 5.69 Å². The Balaban J connectivity index is 1.73. The van der Waals surface area contributed by atoms with Gasteiger partial charge in [-0.2, -0.15) is 5.10 Å². The first kappa shape index (κ1) is 18.3. The lowest BCUT2D eigenvalue weighted by molar-refractivity contribution is -0.121. The number of aryl methyl sites for hydroxylation is 2. The molecule has 3 aromatic heterocycles. The maximum absolute atomic E-state index is 12.3. The Morgan fingerprint density at radius 1 is 1.15 bits per heavy atom. The van der Waals surface area contributed by atoms with E-state index in [0.29, 0.717) is 5.69 Å². The van der Waals surface area contributed by atoms with E-state index in [1.54, 1.807) is 13.0 Å². The van der Waals surface area contributed by atoms with Crippen molar-refractivity contribution < 1.29 is 4.79 Å². The second-order valence-corrected chi connectivity index (χ2v) is 6.14. The van der Waals surface area contributed by atoms with E-state index in [1.165, 1.54) is 40.3 Å². The summed E-state index contributed by atoms with van der Waals surface area (Å²) in [5.41, 5.74) is -0.169. The Kier molecular flexibility index (Phi) is 4.75. The molecule has 0 atom stereocenters. The Hall–Kier alpha value is -3.50. The summed E-state index contributed by atoms with van der Waals surface area (Å²) in [4.78, 5) is 52.2. The molecule has 3 heterocycles. The molecule has 0 aromatic carbocycles. The lowest BCUT2D eigenvalue weighted by Crippen LogP contribution is -2.38. The number of imidazole rings is 1. The smallest absolute Gasteiger partial charge is 0.332 e. The van der Waals surface area contributed by atoms with Crippen LogP contribution >= 0.6 is 0 Å². The summed E-state index contributed by atoms with van der Waals surface area (Å²) in [6.45, 7) is 2.07. The normalized spacial score (nSPS) is 11.1. The third-order valence-corrected chi connectivity index (χ3v) is 4.18. The second kappa shape index (κ2) is 7.02. The summed E-state index contributed by atoms with van der Waals surface area (Å²) in [6, 6.07) is 3.04. The van der Waals surface area contributed by atoms with Crippen LogP contribution in [0.25, 0.3) is 11.2 Å². The van der Waals surface area contributed by atoms with Gasteiger partial charge in [-0.25, -0.2) is 14.5 Å². The molecule has 0 saturated heterocycles. The Labute approximate surface area is 152 Å². The number of carbonyl (C=O) groups excluding carboxylic acids is 1. The molecule has 27 heavy (non-hydrogen) atoms. The first-order chi connectivity index (χ1) is 12.8. The van der Waals surface area contributed by atoms with Gasteiger partial charge < -0.3 is 9.88 Å². The van der Waals surface area contributed by atoms with Gasteiger partial charge in [0.2, 0.25) is 5.91 Å². The van der Waals surface area contributed by atoms with E-state index in [4.69, 9.17) is 0 Å². The van der Waals surface area contributed by atoms with Crippen molar-refractivity contribution in [3.05, 3.63) is 55.3 Å². The predicted octanol–water partition coefficient (Wildman–Crippen LogP) is -1.88. The molecule has 0 aliphatic heterocycles. The molecule has 0 aliphatic rings. The van der Waals surface area contributed by atoms with Gasteiger partial charge in [0, 0.05) is 26.7 Å². The molecule has 3 rings (SSSR count). The third-order valence-electron chi connectivity index (χ3n) is 4.18. The fourth-order valence-electron chi connectivity index (χ4n) is 2.74. The second-order valence-electron chi connectivity index (χ2n) is 6.14. The number of hydrogen-bond donors (Lipinski definition) is 1. The van der Waals surface area contributed by atoms with Crippen molar-refractivity contribution in [1.82, 2.24) is 33.8 Å². The summed E-state index contributed by atoms with van der Waals surface area (Å²) in [5.74, 6) is -0.356. The number of amides is 1. The highest BCUT2D eigenvalue weighted by Gasteiger charge is 2.15. The minimum absolute atomic E-state index is 0.139. The topological polar surface area (TPSA) is 126 Å². The van der Waals surface area contributed by atoms with Crippen LogP contribution in [0.5, 0.6) is 0 Å². The van der Waals surface area contributed by atoms with E-state index in [1.807, 2.05) is 0 Å². The molecule has 0 radical (unpaired) electrons. The first-order valence-electron chi connectivity index (χ1n) is 8.22. The van der Waals surface area contributed by atoms with Gasteiger partial charge in [0.05, 0.1) is 18.6 Å². The van der Waals surface area contributed by atoms with Crippen LogP contribution in [0.2, 0.25) is 0 Å². The number of aromatic nitrogens is 6. The molecule has 0 saturated carbocycles. The molecule has 0 bridgehead atoms. The van der Waals surface area contributed by atoms with Crippen LogP contribution in [0.4, 0.5) is 0 Å². The van der Waals surface area contributed by atoms with Crippen LogP contribution in [0.3, 0.4) is 0 Å². The van der Waals surface area contributed by atoms with Crippen LogP contribution < -0.4 is 22.1 Å². The fraction of sp³-hybridized carbons (Fsp3) is 0.375.